The number of hydrogen-bond acceptors (Lipinski definition) is 4. The van der Waals surface area contributed by atoms with Crippen LogP contribution >= 0.6 is 0 Å². The van der Waals surface area contributed by atoms with Crippen LogP contribution in [-0.4, -0.2) is 38.4 Å². The van der Waals surface area contributed by atoms with E-state index in [1.54, 1.807) is 6.92 Å². The lowest BCUT2D eigenvalue weighted by Crippen LogP contribution is -2.38. The van der Waals surface area contributed by atoms with Crippen molar-refractivity contribution in [3.05, 3.63) is 0 Å². The summed E-state index contributed by atoms with van der Waals surface area (Å²) in [5, 5.41) is 2.63. The molecule has 2 unspecified atom stereocenters. The van der Waals surface area contributed by atoms with Crippen molar-refractivity contribution in [2.24, 2.45) is 11.7 Å². The van der Waals surface area contributed by atoms with Crippen LogP contribution in [0.4, 0.5) is 0 Å². The predicted molar refractivity (Wildman–Crippen MR) is 53.4 cm³/mol. The van der Waals surface area contributed by atoms with Gasteiger partial charge >= 0.3 is 0 Å². The Morgan fingerprint density at radius 1 is 1.64 bits per heavy atom. The van der Waals surface area contributed by atoms with Gasteiger partial charge in [-0.3, -0.25) is 4.79 Å². The number of carbonyl (C=O) groups is 1. The van der Waals surface area contributed by atoms with Crippen molar-refractivity contribution in [3.63, 3.8) is 0 Å². The van der Waals surface area contributed by atoms with E-state index in [0.717, 1.165) is 0 Å². The third kappa shape index (κ3) is 3.26. The highest BCUT2D eigenvalue weighted by molar-refractivity contribution is 7.91. The highest BCUT2D eigenvalue weighted by atomic mass is 32.2. The number of sulfone groups is 1. The lowest BCUT2D eigenvalue weighted by atomic mass is 10.1. The first-order valence-electron chi connectivity index (χ1n) is 4.64. The molecular formula is C8H16N2O3S. The van der Waals surface area contributed by atoms with Crippen molar-refractivity contribution < 1.29 is 13.2 Å². The standard InChI is InChI=1S/C8H16N2O3S/c1-6(9)4-10-8(11)7-2-3-14(12,13)5-7/h6-7H,2-5,9H2,1H3,(H,10,11). The summed E-state index contributed by atoms with van der Waals surface area (Å²) in [5.74, 6) is -0.455. The molecule has 0 radical (unpaired) electrons. The number of rotatable bonds is 3. The Kier molecular flexibility index (Phi) is 3.49. The van der Waals surface area contributed by atoms with Gasteiger partial charge in [-0.1, -0.05) is 0 Å². The molecule has 14 heavy (non-hydrogen) atoms. The van der Waals surface area contributed by atoms with Crippen molar-refractivity contribution in [3.8, 4) is 0 Å². The second kappa shape index (κ2) is 4.27. The molecule has 0 aromatic heterocycles. The summed E-state index contributed by atoms with van der Waals surface area (Å²) in [7, 11) is -2.97. The predicted octanol–water partition coefficient (Wildman–Crippen LogP) is -1.12. The quantitative estimate of drug-likeness (QED) is 0.631. The van der Waals surface area contributed by atoms with Crippen LogP contribution in [0.1, 0.15) is 13.3 Å². The highest BCUT2D eigenvalue weighted by Gasteiger charge is 2.32. The molecule has 5 nitrogen and oxygen atoms in total. The SMILES string of the molecule is CC(N)CNC(=O)C1CCS(=O)(=O)C1. The average molecular weight is 220 g/mol. The zero-order valence-corrected chi connectivity index (χ0v) is 9.01. The summed E-state index contributed by atoms with van der Waals surface area (Å²) in [4.78, 5) is 11.4. The van der Waals surface area contributed by atoms with Gasteiger partial charge in [0.2, 0.25) is 5.91 Å². The molecule has 1 heterocycles. The zero-order valence-electron chi connectivity index (χ0n) is 8.19. The maximum absolute atomic E-state index is 11.4. The summed E-state index contributed by atoms with van der Waals surface area (Å²) in [5.41, 5.74) is 5.46. The minimum Gasteiger partial charge on any atom is -0.354 e. The van der Waals surface area contributed by atoms with E-state index in [1.807, 2.05) is 0 Å². The third-order valence-electron chi connectivity index (χ3n) is 2.20. The molecule has 1 saturated heterocycles. The summed E-state index contributed by atoms with van der Waals surface area (Å²) in [6.07, 6.45) is 0.438. The first kappa shape index (κ1) is 11.5. The fraction of sp³-hybridized carbons (Fsp3) is 0.875. The van der Waals surface area contributed by atoms with Gasteiger partial charge in [-0.05, 0) is 13.3 Å². The van der Waals surface area contributed by atoms with Gasteiger partial charge in [0.15, 0.2) is 9.84 Å². The van der Waals surface area contributed by atoms with E-state index >= 15 is 0 Å². The minimum absolute atomic E-state index is 0.0161. The van der Waals surface area contributed by atoms with Crippen LogP contribution in [0.25, 0.3) is 0 Å². The Balaban J connectivity index is 2.40. The van der Waals surface area contributed by atoms with Crippen LogP contribution in [-0.2, 0) is 14.6 Å². The van der Waals surface area contributed by atoms with Gasteiger partial charge in [-0.15, -0.1) is 0 Å². The molecule has 2 atom stereocenters. The first-order chi connectivity index (χ1) is 6.41. The molecule has 1 aliphatic rings. The molecule has 0 aromatic rings. The van der Waals surface area contributed by atoms with Crippen molar-refractivity contribution in [2.45, 2.75) is 19.4 Å². The van der Waals surface area contributed by atoms with Crippen molar-refractivity contribution in [1.82, 2.24) is 5.32 Å². The summed E-state index contributed by atoms with van der Waals surface area (Å²) in [6, 6.07) is -0.100. The van der Waals surface area contributed by atoms with Gasteiger partial charge in [0.05, 0.1) is 17.4 Å². The van der Waals surface area contributed by atoms with Crippen molar-refractivity contribution >= 4 is 15.7 Å². The Morgan fingerprint density at radius 2 is 2.29 bits per heavy atom. The van der Waals surface area contributed by atoms with Gasteiger partial charge in [-0.25, -0.2) is 8.42 Å². The molecule has 0 aliphatic carbocycles. The molecule has 1 aliphatic heterocycles. The number of nitrogens with one attached hydrogen (secondary N) is 1. The molecule has 82 valence electrons. The van der Waals surface area contributed by atoms with E-state index in [1.165, 1.54) is 0 Å². The van der Waals surface area contributed by atoms with E-state index in [4.69, 9.17) is 5.73 Å². The lowest BCUT2D eigenvalue weighted by molar-refractivity contribution is -0.124. The molecule has 1 amide bonds. The lowest BCUT2D eigenvalue weighted by Gasteiger charge is -2.10. The second-order valence-electron chi connectivity index (χ2n) is 3.82. The topological polar surface area (TPSA) is 89.3 Å². The van der Waals surface area contributed by atoms with Crippen LogP contribution in [0.15, 0.2) is 0 Å². The minimum atomic E-state index is -2.97. The van der Waals surface area contributed by atoms with E-state index in [9.17, 15) is 13.2 Å². The van der Waals surface area contributed by atoms with Gasteiger partial charge in [0, 0.05) is 12.6 Å². The van der Waals surface area contributed by atoms with Gasteiger partial charge in [0.1, 0.15) is 0 Å². The monoisotopic (exact) mass is 220 g/mol. The Morgan fingerprint density at radius 3 is 2.71 bits per heavy atom. The normalized spacial score (nSPS) is 27.1. The van der Waals surface area contributed by atoms with E-state index in [-0.39, 0.29) is 29.4 Å². The summed E-state index contributed by atoms with van der Waals surface area (Å²) in [6.45, 7) is 2.18. The molecule has 0 spiro atoms. The fourth-order valence-electron chi connectivity index (χ4n) is 1.41. The molecule has 1 fully saturated rings. The number of amides is 1. The molecular weight excluding hydrogens is 204 g/mol. The van der Waals surface area contributed by atoms with E-state index in [0.29, 0.717) is 13.0 Å². The second-order valence-corrected chi connectivity index (χ2v) is 6.05. The van der Waals surface area contributed by atoms with Crippen molar-refractivity contribution in [1.29, 1.82) is 0 Å². The highest BCUT2D eigenvalue weighted by Crippen LogP contribution is 2.18. The van der Waals surface area contributed by atoms with Crippen LogP contribution in [0.3, 0.4) is 0 Å². The Labute approximate surface area is 84.0 Å². The maximum atomic E-state index is 11.4. The van der Waals surface area contributed by atoms with Crippen LogP contribution < -0.4 is 11.1 Å². The van der Waals surface area contributed by atoms with E-state index in [2.05, 4.69) is 5.32 Å². The molecule has 3 N–H and O–H groups in total. The van der Waals surface area contributed by atoms with Gasteiger partial charge in [0.25, 0.3) is 0 Å². The third-order valence-corrected chi connectivity index (χ3v) is 3.97. The summed E-state index contributed by atoms with van der Waals surface area (Å²) < 4.78 is 22.2. The first-order valence-corrected chi connectivity index (χ1v) is 6.46. The van der Waals surface area contributed by atoms with Crippen LogP contribution in [0.5, 0.6) is 0 Å². The molecule has 6 heteroatoms. The number of nitrogens with two attached hydrogens (primary N) is 1. The molecule has 0 aromatic carbocycles. The molecule has 1 rings (SSSR count). The molecule has 0 saturated carbocycles. The van der Waals surface area contributed by atoms with Crippen LogP contribution in [0.2, 0.25) is 0 Å². The summed E-state index contributed by atoms with van der Waals surface area (Å²) >= 11 is 0. The average Bonchev–Trinajstić information content (AvgIpc) is 2.41. The number of hydrogen-bond donors (Lipinski definition) is 2. The van der Waals surface area contributed by atoms with Crippen LogP contribution in [0, 0.1) is 5.92 Å². The van der Waals surface area contributed by atoms with Gasteiger partial charge < -0.3 is 11.1 Å². The Hall–Kier alpha value is -0.620. The van der Waals surface area contributed by atoms with Crippen molar-refractivity contribution in [2.75, 3.05) is 18.1 Å². The van der Waals surface area contributed by atoms with E-state index < -0.39 is 9.84 Å². The zero-order chi connectivity index (χ0) is 10.8. The number of carbonyl (C=O) groups excluding carboxylic acids is 1. The maximum Gasteiger partial charge on any atom is 0.224 e. The smallest absolute Gasteiger partial charge is 0.224 e. The Bertz CT molecular complexity index is 311. The molecule has 0 bridgehead atoms. The largest absolute Gasteiger partial charge is 0.354 e. The van der Waals surface area contributed by atoms with Gasteiger partial charge in [-0.2, -0.15) is 0 Å². The fourth-order valence-corrected chi connectivity index (χ4v) is 3.15.